The highest BCUT2D eigenvalue weighted by molar-refractivity contribution is 6.35. The molecular weight excluding hydrogens is 517 g/mol. The summed E-state index contributed by atoms with van der Waals surface area (Å²) < 4.78 is 9.21. The SMILES string of the molecule is CC(=O)OCOC(=O)[C@H](O)CN(Cc1ccc(-c2cc(Cl)ccc2Cl)cc1)NC(=O)c1cn(O)nn1. The first-order chi connectivity index (χ1) is 17.1. The second kappa shape index (κ2) is 12.3. The molecule has 2 aromatic carbocycles. The number of hydrogen-bond acceptors (Lipinski definition) is 10. The number of rotatable bonds is 10. The van der Waals surface area contributed by atoms with Crippen molar-refractivity contribution in [2.24, 2.45) is 0 Å². The molecule has 0 saturated heterocycles. The molecule has 0 radical (unpaired) electrons. The quantitative estimate of drug-likeness (QED) is 0.151. The van der Waals surface area contributed by atoms with Crippen LogP contribution < -0.4 is 5.43 Å². The van der Waals surface area contributed by atoms with Gasteiger partial charge in [0.15, 0.2) is 11.8 Å². The normalized spacial score (nSPS) is 11.7. The molecule has 3 aromatic rings. The van der Waals surface area contributed by atoms with Gasteiger partial charge in [-0.15, -0.1) is 5.10 Å². The molecule has 1 amide bonds. The van der Waals surface area contributed by atoms with E-state index in [1.54, 1.807) is 42.5 Å². The highest BCUT2D eigenvalue weighted by Gasteiger charge is 2.23. The van der Waals surface area contributed by atoms with Gasteiger partial charge in [-0.25, -0.2) is 9.80 Å². The number of nitrogens with one attached hydrogen (secondary N) is 1. The molecule has 190 valence electrons. The lowest BCUT2D eigenvalue weighted by Crippen LogP contribution is -2.47. The maximum Gasteiger partial charge on any atom is 0.339 e. The number of carbonyl (C=O) groups excluding carboxylic acids is 3. The molecule has 0 aliphatic heterocycles. The van der Waals surface area contributed by atoms with Crippen molar-refractivity contribution in [3.8, 4) is 11.1 Å². The second-order valence-electron chi connectivity index (χ2n) is 7.40. The summed E-state index contributed by atoms with van der Waals surface area (Å²) in [6.07, 6.45) is -0.722. The second-order valence-corrected chi connectivity index (χ2v) is 8.24. The van der Waals surface area contributed by atoms with E-state index >= 15 is 0 Å². The van der Waals surface area contributed by atoms with Gasteiger partial charge in [0.1, 0.15) is 0 Å². The van der Waals surface area contributed by atoms with Crippen LogP contribution in [0.5, 0.6) is 0 Å². The van der Waals surface area contributed by atoms with Crippen LogP contribution in [0.15, 0.2) is 48.7 Å². The summed E-state index contributed by atoms with van der Waals surface area (Å²) in [5, 5.41) is 28.6. The Bertz CT molecular complexity index is 1240. The first kappa shape index (κ1) is 26.9. The van der Waals surface area contributed by atoms with E-state index in [1.165, 1.54) is 5.01 Å². The topological polar surface area (TPSA) is 156 Å². The Balaban J connectivity index is 1.73. The minimum Gasteiger partial charge on any atom is -0.428 e. The van der Waals surface area contributed by atoms with Gasteiger partial charge in [0.25, 0.3) is 5.91 Å². The molecule has 14 heteroatoms. The Morgan fingerprint density at radius 1 is 1.14 bits per heavy atom. The first-order valence-electron chi connectivity index (χ1n) is 10.3. The summed E-state index contributed by atoms with van der Waals surface area (Å²) in [5.74, 6) is -2.48. The van der Waals surface area contributed by atoms with Gasteiger partial charge in [-0.05, 0) is 34.5 Å². The van der Waals surface area contributed by atoms with Gasteiger partial charge in [-0.1, -0.05) is 52.3 Å². The molecule has 0 bridgehead atoms. The highest BCUT2D eigenvalue weighted by atomic mass is 35.5. The van der Waals surface area contributed by atoms with E-state index in [2.05, 4.69) is 20.5 Å². The van der Waals surface area contributed by atoms with Crippen LogP contribution in [-0.4, -0.2) is 67.8 Å². The number of benzene rings is 2. The lowest BCUT2D eigenvalue weighted by molar-refractivity contribution is -0.173. The Labute approximate surface area is 214 Å². The summed E-state index contributed by atoms with van der Waals surface area (Å²) in [7, 11) is 0. The van der Waals surface area contributed by atoms with Crippen molar-refractivity contribution >= 4 is 41.0 Å². The Morgan fingerprint density at radius 3 is 2.50 bits per heavy atom. The van der Waals surface area contributed by atoms with E-state index in [-0.39, 0.29) is 18.8 Å². The van der Waals surface area contributed by atoms with Gasteiger partial charge in [0.05, 0.1) is 12.7 Å². The Kier molecular flexibility index (Phi) is 9.19. The molecule has 0 unspecified atom stereocenters. The number of carbonyl (C=O) groups is 3. The number of aliphatic hydroxyl groups is 1. The van der Waals surface area contributed by atoms with Gasteiger partial charge in [-0.2, -0.15) is 0 Å². The van der Waals surface area contributed by atoms with Crippen LogP contribution in [0.4, 0.5) is 0 Å². The summed E-state index contributed by atoms with van der Waals surface area (Å²) >= 11 is 12.3. The van der Waals surface area contributed by atoms with E-state index in [0.717, 1.165) is 24.2 Å². The average molecular weight is 538 g/mol. The Morgan fingerprint density at radius 2 is 1.86 bits per heavy atom. The van der Waals surface area contributed by atoms with Gasteiger partial charge in [0.2, 0.25) is 6.79 Å². The largest absolute Gasteiger partial charge is 0.428 e. The van der Waals surface area contributed by atoms with Crippen molar-refractivity contribution in [3.05, 3.63) is 70.0 Å². The van der Waals surface area contributed by atoms with Crippen molar-refractivity contribution in [3.63, 3.8) is 0 Å². The van der Waals surface area contributed by atoms with E-state index in [0.29, 0.717) is 20.5 Å². The molecule has 1 heterocycles. The van der Waals surface area contributed by atoms with Crippen molar-refractivity contribution in [2.75, 3.05) is 13.3 Å². The molecule has 0 fully saturated rings. The zero-order valence-corrected chi connectivity index (χ0v) is 20.3. The van der Waals surface area contributed by atoms with Crippen molar-refractivity contribution in [2.45, 2.75) is 19.6 Å². The monoisotopic (exact) mass is 537 g/mol. The predicted molar refractivity (Wildman–Crippen MR) is 126 cm³/mol. The molecule has 0 spiro atoms. The standard InChI is InChI=1S/C22H21Cl2N5O7/c1-13(30)35-12-36-22(33)20(31)11-28(26-21(32)19-10-29(34)27-25-19)9-14-2-4-15(5-3-14)17-8-16(23)6-7-18(17)24/h2-8,10,20,31,34H,9,11-12H2,1H3,(H,26,32)/t20-/m1/s1. The fourth-order valence-corrected chi connectivity index (χ4v) is 3.39. The molecule has 3 rings (SSSR count). The number of amides is 1. The highest BCUT2D eigenvalue weighted by Crippen LogP contribution is 2.30. The minimum atomic E-state index is -1.70. The molecule has 0 aliphatic rings. The molecule has 0 aliphatic carbocycles. The summed E-state index contributed by atoms with van der Waals surface area (Å²) in [5.41, 5.74) is 4.52. The average Bonchev–Trinajstić information content (AvgIpc) is 3.27. The van der Waals surface area contributed by atoms with Gasteiger partial charge < -0.3 is 19.8 Å². The fraction of sp³-hybridized carbons (Fsp3) is 0.227. The summed E-state index contributed by atoms with van der Waals surface area (Å²) in [4.78, 5) is 35.7. The zero-order chi connectivity index (χ0) is 26.2. The molecular formula is C22H21Cl2N5O7. The van der Waals surface area contributed by atoms with E-state index < -0.39 is 30.7 Å². The lowest BCUT2D eigenvalue weighted by Gasteiger charge is -2.24. The van der Waals surface area contributed by atoms with E-state index in [1.807, 2.05) is 0 Å². The fourth-order valence-electron chi connectivity index (χ4n) is 2.99. The molecule has 0 saturated carbocycles. The number of esters is 2. The van der Waals surface area contributed by atoms with Gasteiger partial charge in [-0.3, -0.25) is 15.0 Å². The summed E-state index contributed by atoms with van der Waals surface area (Å²) in [6, 6.07) is 12.2. The van der Waals surface area contributed by atoms with Gasteiger partial charge in [0, 0.05) is 29.1 Å². The van der Waals surface area contributed by atoms with E-state index in [4.69, 9.17) is 27.9 Å². The Hall–Kier alpha value is -3.71. The van der Waals surface area contributed by atoms with Crippen LogP contribution in [0.3, 0.4) is 0 Å². The van der Waals surface area contributed by atoms with Crippen LogP contribution in [-0.2, 0) is 25.6 Å². The third-order valence-corrected chi connectivity index (χ3v) is 5.23. The van der Waals surface area contributed by atoms with Gasteiger partial charge >= 0.3 is 11.9 Å². The van der Waals surface area contributed by atoms with Crippen LogP contribution >= 0.6 is 23.2 Å². The molecule has 3 N–H and O–H groups in total. The molecule has 12 nitrogen and oxygen atoms in total. The maximum atomic E-state index is 12.5. The third-order valence-electron chi connectivity index (χ3n) is 4.67. The number of halogens is 2. The van der Waals surface area contributed by atoms with Crippen molar-refractivity contribution in [1.82, 2.24) is 25.6 Å². The predicted octanol–water partition coefficient (Wildman–Crippen LogP) is 2.06. The number of hydrogen-bond donors (Lipinski definition) is 3. The van der Waals surface area contributed by atoms with Crippen molar-refractivity contribution in [1.29, 1.82) is 0 Å². The van der Waals surface area contributed by atoms with E-state index in [9.17, 15) is 24.7 Å². The number of ether oxygens (including phenoxy) is 2. The number of nitrogens with zero attached hydrogens (tertiary/aromatic N) is 4. The van der Waals surface area contributed by atoms with Crippen LogP contribution in [0.1, 0.15) is 23.0 Å². The maximum absolute atomic E-state index is 12.5. The smallest absolute Gasteiger partial charge is 0.339 e. The third kappa shape index (κ3) is 7.65. The van der Waals surface area contributed by atoms with Crippen LogP contribution in [0.25, 0.3) is 11.1 Å². The minimum absolute atomic E-state index is 0.0524. The lowest BCUT2D eigenvalue weighted by atomic mass is 10.0. The van der Waals surface area contributed by atoms with Crippen LogP contribution in [0.2, 0.25) is 10.0 Å². The first-order valence-corrected chi connectivity index (χ1v) is 11.1. The van der Waals surface area contributed by atoms with Crippen LogP contribution in [0, 0.1) is 0 Å². The zero-order valence-electron chi connectivity index (χ0n) is 18.8. The molecule has 36 heavy (non-hydrogen) atoms. The summed E-state index contributed by atoms with van der Waals surface area (Å²) in [6.45, 7) is 0.136. The number of aromatic nitrogens is 3. The number of hydrazine groups is 1. The number of aliphatic hydroxyl groups excluding tert-OH is 1. The molecule has 1 atom stereocenters. The molecule has 1 aromatic heterocycles. The van der Waals surface area contributed by atoms with Crippen molar-refractivity contribution < 1.29 is 34.2 Å².